The Labute approximate surface area is 545 Å². The number of fused-ring (bicyclic) bond motifs is 15. The van der Waals surface area contributed by atoms with Crippen LogP contribution >= 0.6 is 35.4 Å². The third kappa shape index (κ3) is 12.2. The van der Waals surface area contributed by atoms with E-state index in [1.54, 1.807) is 30.3 Å². The molecule has 0 radical (unpaired) electrons. The molecular formula is C65H50Cl2N8O18S. The number of nitrogens with one attached hydrogen (secondary N) is 6. The number of thiocarbonyl (C=S) groups is 1. The van der Waals surface area contributed by atoms with Crippen LogP contribution in [-0.2, 0) is 40.0 Å². The van der Waals surface area contributed by atoms with Crippen LogP contribution in [-0.4, -0.2) is 99.5 Å². The fourth-order valence-electron chi connectivity index (χ4n) is 11.2. The maximum atomic E-state index is 15.8. The number of rotatable bonds is 6. The quantitative estimate of drug-likeness (QED) is 0.0763. The summed E-state index contributed by atoms with van der Waals surface area (Å²) in [5.41, 5.74) is 5.24. The summed E-state index contributed by atoms with van der Waals surface area (Å²) in [7, 11) is 0. The van der Waals surface area contributed by atoms with Crippen molar-refractivity contribution in [2.75, 3.05) is 4.90 Å². The van der Waals surface area contributed by atoms with Crippen molar-refractivity contribution in [2.24, 2.45) is 5.73 Å². The normalized spacial score (nSPS) is 21.2. The predicted molar refractivity (Wildman–Crippen MR) is 336 cm³/mol. The molecule has 14 rings (SSSR count). The van der Waals surface area contributed by atoms with Gasteiger partial charge in [0.2, 0.25) is 35.3 Å². The standard InChI is InChI=1S/C65H50Cl2N8O18S/c66-38-14-26-6-11-44(38)92-47-21-31-22-48(57(47)82)93-45-12-9-29(19-39(45)67)56(81)55-62(87)72-54(64(89)90)37-24-34(77)25-43(80)49(37)36-18-27(7-10-41(36)78)50(59(84)73-55)70-61(86)52(31)71-60(85)51(69-58(83)40(68)15-26)30-16-33(76)23-35(17-30)91-46-13-8-28(20-42(46)79)53-63(88)75(65(94)74-53)32-4-2-1-3-5-32/h1-14,16-25,40,50-56,76-82H,15,68H2,(H,69,83)(H,70,86)(H,71,85)(H,72,87)(H,73,84)(H,74,94)(H,89,90)/t40-,50-,51+,52-,53?,54+,55+,56-/m1/s1. The Morgan fingerprint density at radius 1 is 0.553 bits per heavy atom. The lowest BCUT2D eigenvalue weighted by Gasteiger charge is -2.31. The molecule has 29 heteroatoms. The minimum atomic E-state index is -2.20. The van der Waals surface area contributed by atoms with Gasteiger partial charge in [-0.25, -0.2) is 4.79 Å². The lowest BCUT2D eigenvalue weighted by atomic mass is 9.89. The van der Waals surface area contributed by atoms with E-state index < -0.39 is 152 Å². The van der Waals surface area contributed by atoms with Gasteiger partial charge >= 0.3 is 5.97 Å². The Kier molecular flexibility index (Phi) is 16.7. The van der Waals surface area contributed by atoms with Gasteiger partial charge in [-0.15, -0.1) is 0 Å². The van der Waals surface area contributed by atoms with E-state index in [9.17, 15) is 60.0 Å². The van der Waals surface area contributed by atoms with Gasteiger partial charge in [0.1, 0.15) is 76.6 Å². The Morgan fingerprint density at radius 3 is 1.81 bits per heavy atom. The topological polar surface area (TPSA) is 410 Å². The maximum absolute atomic E-state index is 15.8. The number of aliphatic hydroxyl groups is 1. The van der Waals surface area contributed by atoms with Crippen LogP contribution in [0.5, 0.6) is 69.0 Å². The fraction of sp³-hybridized carbons (Fsp3) is 0.138. The number of ether oxygens (including phenoxy) is 3. The molecule has 6 aliphatic rings. The molecule has 1 saturated heterocycles. The number of anilines is 1. The van der Waals surface area contributed by atoms with E-state index in [-0.39, 0.29) is 72.4 Å². The number of carboxylic acids is 1. The highest BCUT2D eigenvalue weighted by molar-refractivity contribution is 7.80. The molecule has 8 aromatic carbocycles. The number of nitrogens with zero attached hydrogens (tertiary/aromatic N) is 1. The van der Waals surface area contributed by atoms with E-state index in [0.717, 1.165) is 60.7 Å². The minimum Gasteiger partial charge on any atom is -0.508 e. The summed E-state index contributed by atoms with van der Waals surface area (Å²) >= 11 is 19.1. The molecule has 0 spiro atoms. The van der Waals surface area contributed by atoms with E-state index in [1.807, 2.05) is 0 Å². The summed E-state index contributed by atoms with van der Waals surface area (Å²) in [5.74, 6) is -14.4. The van der Waals surface area contributed by atoms with E-state index in [1.165, 1.54) is 59.5 Å². The molecule has 6 aliphatic heterocycles. The van der Waals surface area contributed by atoms with Gasteiger partial charge in [-0.3, -0.25) is 33.7 Å². The number of hydrogen-bond donors (Lipinski definition) is 15. The zero-order chi connectivity index (χ0) is 66.7. The first-order valence-electron chi connectivity index (χ1n) is 28.3. The SMILES string of the molecule is N[C@@H]1Cc2ccc(c(Cl)c2)Oc2cc3cc(c2O)Oc2ccc(cc2Cl)[C@@H](O)[C@@H]2NC(=O)[C@H](NC(=O)[C@@H]3NC(=O)[C@H](c3cc(O)cc(Oc4ccc(C5NC(=S)N(c6ccccc6)C5=O)cc4O)c3)NC1=O)c1ccc(O)c(c1)-c1c(O)cc(O)cc1[C@@H](C(=O)O)NC2=O. The number of halogens is 2. The number of amides is 6. The second kappa shape index (κ2) is 25.0. The van der Waals surface area contributed by atoms with Crippen molar-refractivity contribution >= 4 is 87.6 Å². The molecule has 8 aromatic rings. The highest BCUT2D eigenvalue weighted by Crippen LogP contribution is 2.48. The van der Waals surface area contributed by atoms with Crippen molar-refractivity contribution in [1.29, 1.82) is 0 Å². The summed E-state index contributed by atoms with van der Waals surface area (Å²) in [6.45, 7) is 0. The van der Waals surface area contributed by atoms with Gasteiger partial charge in [-0.2, -0.15) is 0 Å². The van der Waals surface area contributed by atoms with Crippen molar-refractivity contribution in [2.45, 2.75) is 54.8 Å². The molecule has 6 heterocycles. The van der Waals surface area contributed by atoms with Crippen molar-refractivity contribution in [3.63, 3.8) is 0 Å². The number of carbonyl (C=O) groups excluding carboxylic acids is 6. The molecular weight excluding hydrogens is 1280 g/mol. The molecule has 0 saturated carbocycles. The van der Waals surface area contributed by atoms with Crippen LogP contribution < -0.4 is 56.7 Å². The molecule has 0 aromatic heterocycles. The molecule has 6 amide bonds. The molecule has 11 bridgehead atoms. The van der Waals surface area contributed by atoms with Crippen molar-refractivity contribution in [3.05, 3.63) is 195 Å². The molecule has 1 fully saturated rings. The first kappa shape index (κ1) is 62.8. The van der Waals surface area contributed by atoms with Crippen molar-refractivity contribution < 1.29 is 88.6 Å². The fourth-order valence-corrected chi connectivity index (χ4v) is 12.0. The summed E-state index contributed by atoms with van der Waals surface area (Å²) in [4.78, 5) is 104. The third-order valence-electron chi connectivity index (χ3n) is 15.8. The highest BCUT2D eigenvalue weighted by atomic mass is 35.5. The third-order valence-corrected chi connectivity index (χ3v) is 16.7. The Bertz CT molecular complexity index is 4540. The molecule has 0 aliphatic carbocycles. The first-order valence-corrected chi connectivity index (χ1v) is 29.5. The van der Waals surface area contributed by atoms with Gasteiger partial charge in [-0.05, 0) is 143 Å². The van der Waals surface area contributed by atoms with E-state index in [4.69, 9.17) is 55.4 Å². The highest BCUT2D eigenvalue weighted by Gasteiger charge is 2.42. The number of aliphatic hydroxyl groups excluding tert-OH is 1. The lowest BCUT2D eigenvalue weighted by Crippen LogP contribution is -2.55. The second-order valence-corrected chi connectivity index (χ2v) is 23.3. The number of nitrogens with two attached hydrogens (primary N) is 1. The number of aromatic hydroxyl groups is 6. The van der Waals surface area contributed by atoms with Crippen LogP contribution in [0.1, 0.15) is 75.3 Å². The number of carboxylic acid groups (broad SMARTS) is 1. The molecule has 8 atom stereocenters. The van der Waals surface area contributed by atoms with Gasteiger partial charge in [-0.1, -0.05) is 65.7 Å². The number of phenols is 6. The van der Waals surface area contributed by atoms with Crippen molar-refractivity contribution in [3.8, 4) is 80.1 Å². The molecule has 26 nitrogen and oxygen atoms in total. The number of benzene rings is 8. The summed E-state index contributed by atoms with van der Waals surface area (Å²) < 4.78 is 18.5. The average Bonchev–Trinajstić information content (AvgIpc) is 1.05. The number of carbonyl (C=O) groups is 7. The Morgan fingerprint density at radius 2 is 1.15 bits per heavy atom. The van der Waals surface area contributed by atoms with Gasteiger partial charge < -0.3 is 92.7 Å². The van der Waals surface area contributed by atoms with E-state index in [2.05, 4.69) is 31.9 Å². The van der Waals surface area contributed by atoms with Crippen LogP contribution in [0, 0.1) is 0 Å². The number of para-hydroxylation sites is 1. The first-order chi connectivity index (χ1) is 44.9. The molecule has 478 valence electrons. The Balaban J connectivity index is 0.995. The number of aliphatic carboxylic acids is 1. The molecule has 1 unspecified atom stereocenters. The zero-order valence-corrected chi connectivity index (χ0v) is 50.4. The van der Waals surface area contributed by atoms with Gasteiger partial charge in [0.25, 0.3) is 5.91 Å². The molecule has 94 heavy (non-hydrogen) atoms. The predicted octanol–water partition coefficient (Wildman–Crippen LogP) is 6.78. The van der Waals surface area contributed by atoms with Crippen LogP contribution in [0.2, 0.25) is 10.0 Å². The smallest absolute Gasteiger partial charge is 0.330 e. The van der Waals surface area contributed by atoms with Crippen LogP contribution in [0.15, 0.2) is 146 Å². The summed E-state index contributed by atoms with van der Waals surface area (Å²) in [6, 6.07) is 17.8. The average molecular weight is 1330 g/mol. The van der Waals surface area contributed by atoms with Crippen LogP contribution in [0.25, 0.3) is 11.1 Å². The second-order valence-electron chi connectivity index (χ2n) is 22.1. The maximum Gasteiger partial charge on any atom is 0.330 e. The van der Waals surface area contributed by atoms with E-state index in [0.29, 0.717) is 11.3 Å². The van der Waals surface area contributed by atoms with Crippen molar-refractivity contribution in [1.82, 2.24) is 31.9 Å². The zero-order valence-electron chi connectivity index (χ0n) is 48.0. The number of hydrogen-bond acceptors (Lipinski definition) is 19. The van der Waals surface area contributed by atoms with Crippen LogP contribution in [0.3, 0.4) is 0 Å². The van der Waals surface area contributed by atoms with Gasteiger partial charge in [0, 0.05) is 28.8 Å². The molecule has 16 N–H and O–H groups in total. The monoisotopic (exact) mass is 1330 g/mol. The number of phenolic OH excluding ortho intramolecular Hbond substituents is 6. The summed E-state index contributed by atoms with van der Waals surface area (Å²) in [5, 5.41) is 106. The van der Waals surface area contributed by atoms with Gasteiger partial charge in [0.05, 0.1) is 21.8 Å². The van der Waals surface area contributed by atoms with E-state index >= 15 is 14.4 Å². The van der Waals surface area contributed by atoms with Crippen LogP contribution in [0.4, 0.5) is 5.69 Å². The Hall–Kier alpha value is -11.4. The lowest BCUT2D eigenvalue weighted by molar-refractivity contribution is -0.143. The largest absolute Gasteiger partial charge is 0.508 e. The summed E-state index contributed by atoms with van der Waals surface area (Å²) in [6.07, 6.45) is -2.36. The minimum absolute atomic E-state index is 0.0768. The van der Waals surface area contributed by atoms with Gasteiger partial charge in [0.15, 0.2) is 34.2 Å².